The van der Waals surface area contributed by atoms with E-state index in [9.17, 15) is 14.9 Å². The second-order valence-electron chi connectivity index (χ2n) is 3.04. The van der Waals surface area contributed by atoms with Crippen molar-refractivity contribution in [3.63, 3.8) is 0 Å². The number of carbonyl (C=O) groups is 1. The molecule has 0 aliphatic rings. The number of halogens is 1. The third-order valence-electron chi connectivity index (χ3n) is 2.00. The van der Waals surface area contributed by atoms with Crippen molar-refractivity contribution in [2.75, 3.05) is 11.1 Å². The predicted molar refractivity (Wildman–Crippen MR) is 60.4 cm³/mol. The molecule has 2 N–H and O–H groups in total. The van der Waals surface area contributed by atoms with Crippen molar-refractivity contribution in [1.82, 2.24) is 0 Å². The number of alkyl halides is 1. The second-order valence-corrected chi connectivity index (χ2v) is 3.60. The number of nitrogens with two attached hydrogens (primary N) is 1. The third-order valence-corrected chi connectivity index (χ3v) is 2.51. The molecule has 1 aromatic rings. The number of nitrogens with zero attached hydrogens (tertiary/aromatic N) is 1. The van der Waals surface area contributed by atoms with Crippen molar-refractivity contribution < 1.29 is 9.72 Å². The van der Waals surface area contributed by atoms with Crippen LogP contribution in [0.1, 0.15) is 15.9 Å². The zero-order valence-electron chi connectivity index (χ0n) is 7.99. The van der Waals surface area contributed by atoms with Gasteiger partial charge < -0.3 is 5.73 Å². The number of hydrogen-bond donors (Lipinski definition) is 1. The Bertz CT molecular complexity index is 432. The summed E-state index contributed by atoms with van der Waals surface area (Å²) in [4.78, 5) is 21.5. The zero-order chi connectivity index (χ0) is 11.6. The molecule has 0 saturated heterocycles. The average Bonchev–Trinajstić information content (AvgIpc) is 2.20. The first kappa shape index (κ1) is 11.6. The minimum atomic E-state index is -0.581. The molecular formula is C9H9BrN2O3. The van der Waals surface area contributed by atoms with Crippen LogP contribution in [-0.2, 0) is 0 Å². The predicted octanol–water partition coefficient (Wildman–Crippen LogP) is 2.06. The number of Topliss-reactive ketones (excluding diaryl/α,β-unsaturated/α-hetero) is 1. The van der Waals surface area contributed by atoms with Gasteiger partial charge in [-0.3, -0.25) is 14.9 Å². The fraction of sp³-hybridized carbons (Fsp3) is 0.222. The van der Waals surface area contributed by atoms with Crippen molar-refractivity contribution in [3.05, 3.63) is 33.4 Å². The molecule has 0 bridgehead atoms. The largest absolute Gasteiger partial charge is 0.398 e. The van der Waals surface area contributed by atoms with E-state index < -0.39 is 4.92 Å². The molecular weight excluding hydrogens is 264 g/mol. The van der Waals surface area contributed by atoms with E-state index in [1.54, 1.807) is 6.92 Å². The highest BCUT2D eigenvalue weighted by atomic mass is 79.9. The molecule has 15 heavy (non-hydrogen) atoms. The molecule has 80 valence electrons. The number of hydrogen-bond acceptors (Lipinski definition) is 4. The Labute approximate surface area is 94.5 Å². The molecule has 1 rings (SSSR count). The Morgan fingerprint density at radius 3 is 2.67 bits per heavy atom. The highest BCUT2D eigenvalue weighted by molar-refractivity contribution is 9.09. The Hall–Kier alpha value is -1.43. The van der Waals surface area contributed by atoms with Crippen LogP contribution in [-0.4, -0.2) is 16.0 Å². The SMILES string of the molecule is Cc1cc([N+](=O)[O-])c(C(=O)CBr)cc1N. The first-order valence-electron chi connectivity index (χ1n) is 4.11. The highest BCUT2D eigenvalue weighted by Gasteiger charge is 2.20. The first-order valence-corrected chi connectivity index (χ1v) is 5.23. The van der Waals surface area contributed by atoms with Gasteiger partial charge in [-0.05, 0) is 18.6 Å². The van der Waals surface area contributed by atoms with Crippen molar-refractivity contribution >= 4 is 33.1 Å². The molecule has 0 radical (unpaired) electrons. The fourth-order valence-corrected chi connectivity index (χ4v) is 1.46. The van der Waals surface area contributed by atoms with Crippen LogP contribution in [0.15, 0.2) is 12.1 Å². The van der Waals surface area contributed by atoms with Gasteiger partial charge in [0.1, 0.15) is 0 Å². The monoisotopic (exact) mass is 272 g/mol. The fourth-order valence-electron chi connectivity index (χ4n) is 1.16. The number of aryl methyl sites for hydroxylation is 1. The Morgan fingerprint density at radius 2 is 2.20 bits per heavy atom. The first-order chi connectivity index (χ1) is 6.97. The molecule has 1 aromatic carbocycles. The van der Waals surface area contributed by atoms with Crippen LogP contribution < -0.4 is 5.73 Å². The number of nitrogen functional groups attached to an aromatic ring is 1. The maximum atomic E-state index is 11.4. The molecule has 0 amide bonds. The van der Waals surface area contributed by atoms with Gasteiger partial charge in [0.25, 0.3) is 5.69 Å². The van der Waals surface area contributed by atoms with Gasteiger partial charge in [0.15, 0.2) is 5.78 Å². The lowest BCUT2D eigenvalue weighted by atomic mass is 10.1. The molecule has 0 aliphatic heterocycles. The number of rotatable bonds is 3. The maximum Gasteiger partial charge on any atom is 0.280 e. The van der Waals surface area contributed by atoms with Gasteiger partial charge in [-0.1, -0.05) is 15.9 Å². The molecule has 0 unspecified atom stereocenters. The maximum absolute atomic E-state index is 11.4. The normalized spacial score (nSPS) is 10.0. The van der Waals surface area contributed by atoms with Crippen molar-refractivity contribution in [2.45, 2.75) is 6.92 Å². The van der Waals surface area contributed by atoms with Gasteiger partial charge in [0.05, 0.1) is 15.8 Å². The van der Waals surface area contributed by atoms with Crippen LogP contribution in [0, 0.1) is 17.0 Å². The summed E-state index contributed by atoms with van der Waals surface area (Å²) < 4.78 is 0. The van der Waals surface area contributed by atoms with Crippen LogP contribution in [0.5, 0.6) is 0 Å². The molecule has 0 spiro atoms. The number of benzene rings is 1. The molecule has 0 aromatic heterocycles. The van der Waals surface area contributed by atoms with Crippen LogP contribution in [0.3, 0.4) is 0 Å². The molecule has 0 fully saturated rings. The number of anilines is 1. The van der Waals surface area contributed by atoms with Gasteiger partial charge >= 0.3 is 0 Å². The van der Waals surface area contributed by atoms with E-state index in [1.807, 2.05) is 0 Å². The summed E-state index contributed by atoms with van der Waals surface area (Å²) in [6.45, 7) is 1.66. The van der Waals surface area contributed by atoms with Gasteiger partial charge in [-0.2, -0.15) is 0 Å². The lowest BCUT2D eigenvalue weighted by Gasteiger charge is -2.04. The standard InChI is InChI=1S/C9H9BrN2O3/c1-5-2-8(12(14)15)6(3-7(5)11)9(13)4-10/h2-3H,4,11H2,1H3. The summed E-state index contributed by atoms with van der Waals surface area (Å²) in [5.41, 5.74) is 6.40. The number of carbonyl (C=O) groups excluding carboxylic acids is 1. The minimum absolute atomic E-state index is 0.0380. The van der Waals surface area contributed by atoms with Gasteiger partial charge in [0, 0.05) is 11.8 Å². The Balaban J connectivity index is 3.41. The van der Waals surface area contributed by atoms with Crippen LogP contribution >= 0.6 is 15.9 Å². The van der Waals surface area contributed by atoms with Gasteiger partial charge in [-0.15, -0.1) is 0 Å². The number of ketones is 1. The van der Waals surface area contributed by atoms with Gasteiger partial charge in [0.2, 0.25) is 0 Å². The summed E-state index contributed by atoms with van der Waals surface area (Å²) in [6, 6.07) is 2.66. The van der Waals surface area contributed by atoms with E-state index in [4.69, 9.17) is 5.73 Å². The lowest BCUT2D eigenvalue weighted by molar-refractivity contribution is -0.385. The minimum Gasteiger partial charge on any atom is -0.398 e. The van der Waals surface area contributed by atoms with E-state index in [-0.39, 0.29) is 22.4 Å². The molecule has 5 nitrogen and oxygen atoms in total. The van der Waals surface area contributed by atoms with Crippen molar-refractivity contribution in [3.8, 4) is 0 Å². The summed E-state index contributed by atoms with van der Waals surface area (Å²) in [5.74, 6) is -0.353. The number of nitro benzene ring substituents is 1. The van der Waals surface area contributed by atoms with E-state index in [0.717, 1.165) is 0 Å². The summed E-state index contributed by atoms with van der Waals surface area (Å²) in [7, 11) is 0. The molecule has 0 atom stereocenters. The summed E-state index contributed by atoms with van der Waals surface area (Å²) in [6.07, 6.45) is 0. The molecule has 6 heteroatoms. The van der Waals surface area contributed by atoms with Crippen LogP contribution in [0.2, 0.25) is 0 Å². The number of nitro groups is 1. The summed E-state index contributed by atoms with van der Waals surface area (Å²) in [5, 5.41) is 10.7. The second kappa shape index (κ2) is 4.39. The Morgan fingerprint density at radius 1 is 1.60 bits per heavy atom. The van der Waals surface area contributed by atoms with Crippen molar-refractivity contribution in [2.24, 2.45) is 0 Å². The third kappa shape index (κ3) is 2.33. The van der Waals surface area contributed by atoms with E-state index in [1.165, 1.54) is 12.1 Å². The molecule has 0 saturated carbocycles. The molecule has 0 heterocycles. The lowest BCUT2D eigenvalue weighted by Crippen LogP contribution is -2.06. The topological polar surface area (TPSA) is 86.2 Å². The smallest absolute Gasteiger partial charge is 0.280 e. The van der Waals surface area contributed by atoms with Crippen LogP contribution in [0.25, 0.3) is 0 Å². The summed E-state index contributed by atoms with van der Waals surface area (Å²) >= 11 is 2.96. The van der Waals surface area contributed by atoms with Crippen LogP contribution in [0.4, 0.5) is 11.4 Å². The molecule has 0 aliphatic carbocycles. The van der Waals surface area contributed by atoms with Gasteiger partial charge in [-0.25, -0.2) is 0 Å². The quantitative estimate of drug-likeness (QED) is 0.300. The van der Waals surface area contributed by atoms with Crippen molar-refractivity contribution in [1.29, 1.82) is 0 Å². The highest BCUT2D eigenvalue weighted by Crippen LogP contribution is 2.25. The average molecular weight is 273 g/mol. The van der Waals surface area contributed by atoms with E-state index in [2.05, 4.69) is 15.9 Å². The zero-order valence-corrected chi connectivity index (χ0v) is 9.58. The van der Waals surface area contributed by atoms with E-state index >= 15 is 0 Å². The van der Waals surface area contributed by atoms with E-state index in [0.29, 0.717) is 11.3 Å². The Kier molecular flexibility index (Phi) is 3.41.